The van der Waals surface area contributed by atoms with E-state index in [9.17, 15) is 0 Å². The van der Waals surface area contributed by atoms with E-state index in [4.69, 9.17) is 0 Å². The summed E-state index contributed by atoms with van der Waals surface area (Å²) in [5.74, 6) is 5.44. The highest BCUT2D eigenvalue weighted by Gasteiger charge is 2.53. The Morgan fingerprint density at radius 1 is 0.875 bits per heavy atom. The van der Waals surface area contributed by atoms with Crippen LogP contribution >= 0.6 is 0 Å². The van der Waals surface area contributed by atoms with Crippen LogP contribution in [-0.4, -0.2) is 0 Å². The molecule has 2 aliphatic carbocycles. The van der Waals surface area contributed by atoms with Gasteiger partial charge in [0.25, 0.3) is 0 Å². The molecule has 2 saturated carbocycles. The molecule has 0 heterocycles. The fourth-order valence-corrected chi connectivity index (χ4v) is 4.30. The van der Waals surface area contributed by atoms with Gasteiger partial charge in [0.1, 0.15) is 0 Å². The van der Waals surface area contributed by atoms with Crippen LogP contribution in [0.2, 0.25) is 0 Å². The van der Waals surface area contributed by atoms with Gasteiger partial charge in [-0.25, -0.2) is 0 Å². The van der Waals surface area contributed by atoms with Crippen molar-refractivity contribution < 1.29 is 0 Å². The van der Waals surface area contributed by atoms with Crippen LogP contribution < -0.4 is 0 Å². The predicted octanol–water partition coefficient (Wildman–Crippen LogP) is 5.28. The van der Waals surface area contributed by atoms with Crippen molar-refractivity contribution in [2.75, 3.05) is 0 Å². The lowest BCUT2D eigenvalue weighted by Crippen LogP contribution is -2.19. The summed E-state index contributed by atoms with van der Waals surface area (Å²) >= 11 is 0. The maximum Gasteiger partial charge on any atom is -0.0326 e. The number of hydrogen-bond acceptors (Lipinski definition) is 0. The van der Waals surface area contributed by atoms with Gasteiger partial charge in [0, 0.05) is 0 Å². The fourth-order valence-electron chi connectivity index (χ4n) is 4.30. The Kier molecular flexibility index (Phi) is 4.33. The van der Waals surface area contributed by atoms with Crippen LogP contribution in [0.15, 0.2) is 0 Å². The summed E-state index contributed by atoms with van der Waals surface area (Å²) in [6.07, 6.45) is 11.9. The third-order valence-electron chi connectivity index (χ3n) is 5.54. The zero-order valence-corrected chi connectivity index (χ0v) is 11.5. The first-order chi connectivity index (χ1) is 7.75. The van der Waals surface area contributed by atoms with E-state index in [2.05, 4.69) is 20.8 Å². The van der Waals surface area contributed by atoms with Crippen LogP contribution in [0.3, 0.4) is 0 Å². The Morgan fingerprint density at radius 3 is 2.38 bits per heavy atom. The van der Waals surface area contributed by atoms with Crippen molar-refractivity contribution in [1.29, 1.82) is 0 Å². The average Bonchev–Trinajstić information content (AvgIpc) is 2.93. The Balaban J connectivity index is 1.62. The van der Waals surface area contributed by atoms with E-state index >= 15 is 0 Å². The summed E-state index contributed by atoms with van der Waals surface area (Å²) in [6.45, 7) is 7.32. The van der Waals surface area contributed by atoms with Crippen LogP contribution in [-0.2, 0) is 0 Å². The summed E-state index contributed by atoms with van der Waals surface area (Å²) in [5, 5.41) is 0. The van der Waals surface area contributed by atoms with Gasteiger partial charge >= 0.3 is 0 Å². The minimum Gasteiger partial charge on any atom is -0.0654 e. The van der Waals surface area contributed by atoms with Gasteiger partial charge in [-0.15, -0.1) is 0 Å². The molecule has 2 aliphatic rings. The molecule has 94 valence electrons. The van der Waals surface area contributed by atoms with Crippen molar-refractivity contribution >= 4 is 0 Å². The minimum atomic E-state index is 1.04. The number of hydrogen-bond donors (Lipinski definition) is 0. The van der Waals surface area contributed by atoms with E-state index < -0.39 is 0 Å². The molecule has 0 heteroatoms. The highest BCUT2D eigenvalue weighted by Crippen LogP contribution is 2.59. The van der Waals surface area contributed by atoms with Gasteiger partial charge in [-0.2, -0.15) is 0 Å². The monoisotopic (exact) mass is 222 g/mol. The van der Waals surface area contributed by atoms with Gasteiger partial charge in [-0.1, -0.05) is 59.3 Å². The number of fused-ring (bicyclic) bond motifs is 1. The van der Waals surface area contributed by atoms with Crippen molar-refractivity contribution in [3.8, 4) is 0 Å². The Labute approximate surface area is 102 Å². The molecule has 2 fully saturated rings. The van der Waals surface area contributed by atoms with Gasteiger partial charge < -0.3 is 0 Å². The molecule has 0 aromatic rings. The molecule has 0 aliphatic heterocycles. The molecular weight excluding hydrogens is 192 g/mol. The number of rotatable bonds is 6. The first-order valence-corrected chi connectivity index (χ1v) is 7.75. The fraction of sp³-hybridized carbons (Fsp3) is 1.00. The molecule has 0 spiro atoms. The second-order valence-corrected chi connectivity index (χ2v) is 6.50. The van der Waals surface area contributed by atoms with Gasteiger partial charge in [0.15, 0.2) is 0 Å². The highest BCUT2D eigenvalue weighted by molar-refractivity contribution is 5.01. The molecule has 5 atom stereocenters. The van der Waals surface area contributed by atoms with Gasteiger partial charge in [-0.05, 0) is 42.4 Å². The summed E-state index contributed by atoms with van der Waals surface area (Å²) in [4.78, 5) is 0. The number of unbranched alkanes of at least 4 members (excludes halogenated alkanes) is 4. The van der Waals surface area contributed by atoms with Gasteiger partial charge in [-0.3, -0.25) is 0 Å². The molecule has 2 rings (SSSR count). The normalized spacial score (nSPS) is 41.8. The Morgan fingerprint density at radius 2 is 1.62 bits per heavy atom. The maximum atomic E-state index is 2.54. The summed E-state index contributed by atoms with van der Waals surface area (Å²) in [5.41, 5.74) is 0. The van der Waals surface area contributed by atoms with Crippen LogP contribution in [0.1, 0.15) is 72.1 Å². The standard InChI is InChI=1S/C16H30/c1-4-5-6-7-8-9-14-10-11-15-13(3)16(15)12(14)2/h12-16H,4-11H2,1-3H3. The molecule has 16 heavy (non-hydrogen) atoms. The topological polar surface area (TPSA) is 0 Å². The van der Waals surface area contributed by atoms with E-state index in [0.717, 1.165) is 29.6 Å². The van der Waals surface area contributed by atoms with Gasteiger partial charge in [0.2, 0.25) is 0 Å². The van der Waals surface area contributed by atoms with Crippen molar-refractivity contribution in [3.05, 3.63) is 0 Å². The molecule has 0 amide bonds. The molecule has 5 unspecified atom stereocenters. The van der Waals surface area contributed by atoms with Crippen molar-refractivity contribution in [1.82, 2.24) is 0 Å². The van der Waals surface area contributed by atoms with E-state index in [1.807, 2.05) is 0 Å². The zero-order chi connectivity index (χ0) is 11.5. The minimum absolute atomic E-state index is 1.04. The Bertz CT molecular complexity index is 208. The molecular formula is C16H30. The molecule has 0 aromatic heterocycles. The lowest BCUT2D eigenvalue weighted by atomic mass is 9.77. The third-order valence-corrected chi connectivity index (χ3v) is 5.54. The van der Waals surface area contributed by atoms with E-state index in [1.54, 1.807) is 12.8 Å². The third kappa shape index (κ3) is 2.63. The van der Waals surface area contributed by atoms with Gasteiger partial charge in [0.05, 0.1) is 0 Å². The Hall–Kier alpha value is 0. The molecule has 0 nitrogen and oxygen atoms in total. The molecule has 0 bridgehead atoms. The maximum absolute atomic E-state index is 2.54. The van der Waals surface area contributed by atoms with Crippen molar-refractivity contribution in [2.45, 2.75) is 72.1 Å². The zero-order valence-electron chi connectivity index (χ0n) is 11.5. The van der Waals surface area contributed by atoms with Crippen LogP contribution in [0.25, 0.3) is 0 Å². The predicted molar refractivity (Wildman–Crippen MR) is 71.4 cm³/mol. The smallest absolute Gasteiger partial charge is 0.0326 e. The molecule has 0 saturated heterocycles. The van der Waals surface area contributed by atoms with Crippen LogP contribution in [0.5, 0.6) is 0 Å². The summed E-state index contributed by atoms with van der Waals surface area (Å²) in [6, 6.07) is 0. The SMILES string of the molecule is CCCCCCCC1CCC2C(C)C2C1C. The lowest BCUT2D eigenvalue weighted by molar-refractivity contribution is 0.220. The van der Waals surface area contributed by atoms with E-state index in [0.29, 0.717) is 0 Å². The average molecular weight is 222 g/mol. The van der Waals surface area contributed by atoms with E-state index in [1.165, 1.54) is 38.5 Å². The van der Waals surface area contributed by atoms with E-state index in [-0.39, 0.29) is 0 Å². The van der Waals surface area contributed by atoms with Crippen molar-refractivity contribution in [3.63, 3.8) is 0 Å². The highest BCUT2D eigenvalue weighted by atomic mass is 14.6. The summed E-state index contributed by atoms with van der Waals surface area (Å²) in [7, 11) is 0. The van der Waals surface area contributed by atoms with Crippen LogP contribution in [0.4, 0.5) is 0 Å². The molecule has 0 aromatic carbocycles. The second-order valence-electron chi connectivity index (χ2n) is 6.50. The first-order valence-electron chi connectivity index (χ1n) is 7.75. The lowest BCUT2D eigenvalue weighted by Gasteiger charge is -2.28. The first kappa shape index (κ1) is 12.5. The molecule has 0 radical (unpaired) electrons. The second kappa shape index (κ2) is 5.56. The summed E-state index contributed by atoms with van der Waals surface area (Å²) < 4.78 is 0. The van der Waals surface area contributed by atoms with Crippen LogP contribution in [0, 0.1) is 29.6 Å². The molecule has 0 N–H and O–H groups in total. The van der Waals surface area contributed by atoms with Crippen molar-refractivity contribution in [2.24, 2.45) is 29.6 Å². The largest absolute Gasteiger partial charge is 0.0654 e. The quantitative estimate of drug-likeness (QED) is 0.537.